The lowest BCUT2D eigenvalue weighted by molar-refractivity contribution is -0.0237. The summed E-state index contributed by atoms with van der Waals surface area (Å²) < 4.78 is 0. The summed E-state index contributed by atoms with van der Waals surface area (Å²) in [6.07, 6.45) is 14.5. The Kier molecular flexibility index (Phi) is 4.72. The molecule has 1 N–H and O–H groups in total. The molecule has 2 nitrogen and oxygen atoms in total. The van der Waals surface area contributed by atoms with E-state index in [1.165, 1.54) is 77.3 Å². The molecule has 1 unspecified atom stereocenters. The summed E-state index contributed by atoms with van der Waals surface area (Å²) in [5, 5.41) is 3.92. The van der Waals surface area contributed by atoms with E-state index in [9.17, 15) is 0 Å². The Bertz CT molecular complexity index is 301. The Labute approximate surface area is 125 Å². The number of piperazine rings is 1. The summed E-state index contributed by atoms with van der Waals surface area (Å²) in [5.74, 6) is 0.818. The first-order valence-corrected chi connectivity index (χ1v) is 9.20. The van der Waals surface area contributed by atoms with Gasteiger partial charge in [-0.15, -0.1) is 0 Å². The molecule has 1 saturated heterocycles. The molecule has 0 aromatic carbocycles. The van der Waals surface area contributed by atoms with Gasteiger partial charge >= 0.3 is 0 Å². The van der Waals surface area contributed by atoms with Crippen molar-refractivity contribution >= 4 is 0 Å². The molecule has 3 aliphatic rings. The average Bonchev–Trinajstić information content (AvgIpc) is 2.95. The molecule has 0 bridgehead atoms. The van der Waals surface area contributed by atoms with Crippen molar-refractivity contribution in [3.8, 4) is 0 Å². The fraction of sp³-hybridized carbons (Fsp3) is 1.00. The van der Waals surface area contributed by atoms with Gasteiger partial charge in [-0.2, -0.15) is 0 Å². The summed E-state index contributed by atoms with van der Waals surface area (Å²) in [5.41, 5.74) is 0.529. The molecule has 20 heavy (non-hydrogen) atoms. The molecule has 0 aromatic rings. The fourth-order valence-electron chi connectivity index (χ4n) is 5.08. The van der Waals surface area contributed by atoms with Gasteiger partial charge in [0.05, 0.1) is 0 Å². The molecule has 3 fully saturated rings. The number of hydrogen-bond donors (Lipinski definition) is 1. The van der Waals surface area contributed by atoms with Gasteiger partial charge in [-0.05, 0) is 38.0 Å². The zero-order valence-electron chi connectivity index (χ0n) is 13.7. The smallest absolute Gasteiger partial charge is 0.0337 e. The maximum Gasteiger partial charge on any atom is 0.0337 e. The fourth-order valence-corrected chi connectivity index (χ4v) is 5.08. The van der Waals surface area contributed by atoms with Crippen LogP contribution in [0.25, 0.3) is 0 Å². The lowest BCUT2D eigenvalue weighted by Crippen LogP contribution is -2.67. The highest BCUT2D eigenvalue weighted by Gasteiger charge is 2.45. The van der Waals surface area contributed by atoms with Crippen molar-refractivity contribution in [3.63, 3.8) is 0 Å². The molecule has 1 heterocycles. The van der Waals surface area contributed by atoms with E-state index in [1.807, 2.05) is 0 Å². The highest BCUT2D eigenvalue weighted by atomic mass is 15.3. The molecule has 0 radical (unpaired) electrons. The molecule has 1 atom stereocenters. The predicted molar refractivity (Wildman–Crippen MR) is 86.0 cm³/mol. The zero-order valence-corrected chi connectivity index (χ0v) is 13.7. The summed E-state index contributed by atoms with van der Waals surface area (Å²) in [7, 11) is 0. The molecule has 0 amide bonds. The van der Waals surface area contributed by atoms with Crippen LogP contribution in [-0.4, -0.2) is 35.6 Å². The monoisotopic (exact) mass is 278 g/mol. The second kappa shape index (κ2) is 6.36. The quantitative estimate of drug-likeness (QED) is 0.841. The number of hydrogen-bond acceptors (Lipinski definition) is 2. The molecule has 3 rings (SSSR count). The summed E-state index contributed by atoms with van der Waals surface area (Å²) in [6.45, 7) is 7.32. The van der Waals surface area contributed by atoms with Crippen LogP contribution in [0, 0.1) is 5.92 Å². The normalized spacial score (nSPS) is 32.2. The molecular weight excluding hydrogens is 244 g/mol. The van der Waals surface area contributed by atoms with Gasteiger partial charge in [0.25, 0.3) is 0 Å². The van der Waals surface area contributed by atoms with Crippen molar-refractivity contribution in [2.24, 2.45) is 5.92 Å². The Morgan fingerprint density at radius 3 is 2.40 bits per heavy atom. The molecule has 116 valence electrons. The molecular formula is C18H34N2. The molecule has 1 aliphatic heterocycles. The minimum Gasteiger partial charge on any atom is -0.311 e. The van der Waals surface area contributed by atoms with E-state index in [2.05, 4.69) is 24.1 Å². The van der Waals surface area contributed by atoms with Gasteiger partial charge in [-0.3, -0.25) is 4.90 Å². The van der Waals surface area contributed by atoms with E-state index in [1.54, 1.807) is 0 Å². The molecule has 0 aromatic heterocycles. The van der Waals surface area contributed by atoms with Crippen LogP contribution < -0.4 is 5.32 Å². The largest absolute Gasteiger partial charge is 0.311 e. The second-order valence-corrected chi connectivity index (χ2v) is 8.08. The summed E-state index contributed by atoms with van der Waals surface area (Å²) in [6, 6.07) is 1.65. The molecule has 1 spiro atoms. The average molecular weight is 278 g/mol. The number of nitrogens with one attached hydrogen (secondary N) is 1. The van der Waals surface area contributed by atoms with Crippen LogP contribution in [0.3, 0.4) is 0 Å². The van der Waals surface area contributed by atoms with E-state index in [4.69, 9.17) is 0 Å². The van der Waals surface area contributed by atoms with Crippen molar-refractivity contribution < 1.29 is 0 Å². The van der Waals surface area contributed by atoms with E-state index in [0.717, 1.165) is 18.0 Å². The minimum atomic E-state index is 0.529. The maximum atomic E-state index is 3.92. The van der Waals surface area contributed by atoms with Gasteiger partial charge in [0, 0.05) is 30.7 Å². The van der Waals surface area contributed by atoms with Crippen molar-refractivity contribution in [3.05, 3.63) is 0 Å². The lowest BCUT2D eigenvalue weighted by atomic mass is 9.77. The molecule has 2 saturated carbocycles. The van der Waals surface area contributed by atoms with Crippen LogP contribution >= 0.6 is 0 Å². The third-order valence-electron chi connectivity index (χ3n) is 6.05. The van der Waals surface area contributed by atoms with E-state index in [-0.39, 0.29) is 0 Å². The first kappa shape index (κ1) is 14.8. The van der Waals surface area contributed by atoms with Crippen LogP contribution in [0.2, 0.25) is 0 Å². The Morgan fingerprint density at radius 1 is 1.05 bits per heavy atom. The van der Waals surface area contributed by atoms with Gasteiger partial charge in [0.2, 0.25) is 0 Å². The highest BCUT2D eigenvalue weighted by Crippen LogP contribution is 2.40. The minimum absolute atomic E-state index is 0.529. The summed E-state index contributed by atoms with van der Waals surface area (Å²) >= 11 is 0. The van der Waals surface area contributed by atoms with Gasteiger partial charge in [-0.1, -0.05) is 46.0 Å². The van der Waals surface area contributed by atoms with Crippen LogP contribution in [0.15, 0.2) is 0 Å². The van der Waals surface area contributed by atoms with E-state index in [0.29, 0.717) is 5.54 Å². The van der Waals surface area contributed by atoms with Crippen molar-refractivity contribution in [1.29, 1.82) is 0 Å². The topological polar surface area (TPSA) is 15.3 Å². The van der Waals surface area contributed by atoms with Crippen LogP contribution in [0.4, 0.5) is 0 Å². The Hall–Kier alpha value is -0.0800. The zero-order chi connectivity index (χ0) is 14.0. The van der Waals surface area contributed by atoms with Gasteiger partial charge in [-0.25, -0.2) is 0 Å². The van der Waals surface area contributed by atoms with Crippen LogP contribution in [-0.2, 0) is 0 Å². The summed E-state index contributed by atoms with van der Waals surface area (Å²) in [4.78, 5) is 3.00. The number of nitrogens with zero attached hydrogens (tertiary/aromatic N) is 1. The lowest BCUT2D eigenvalue weighted by Gasteiger charge is -2.55. The van der Waals surface area contributed by atoms with Crippen molar-refractivity contribution in [1.82, 2.24) is 10.2 Å². The molecule has 2 heteroatoms. The van der Waals surface area contributed by atoms with Crippen LogP contribution in [0.1, 0.15) is 78.1 Å². The SMILES string of the molecule is CC(C)CC1CN(C2CCCC2)C2(CCCCC2)CN1. The second-order valence-electron chi connectivity index (χ2n) is 8.08. The Balaban J connectivity index is 1.72. The van der Waals surface area contributed by atoms with Crippen molar-refractivity contribution in [2.45, 2.75) is 95.7 Å². The van der Waals surface area contributed by atoms with Gasteiger partial charge < -0.3 is 5.32 Å². The first-order chi connectivity index (χ1) is 9.70. The molecule has 2 aliphatic carbocycles. The first-order valence-electron chi connectivity index (χ1n) is 9.20. The highest BCUT2D eigenvalue weighted by molar-refractivity contribution is 5.03. The van der Waals surface area contributed by atoms with E-state index >= 15 is 0 Å². The predicted octanol–water partition coefficient (Wildman–Crippen LogP) is 3.95. The standard InChI is InChI=1S/C18H34N2/c1-15(2)12-16-13-20(17-8-4-5-9-17)18(14-19-16)10-6-3-7-11-18/h15-17,19H,3-14H2,1-2H3. The van der Waals surface area contributed by atoms with Gasteiger partial charge in [0.15, 0.2) is 0 Å². The Morgan fingerprint density at radius 2 is 1.75 bits per heavy atom. The van der Waals surface area contributed by atoms with Crippen LogP contribution in [0.5, 0.6) is 0 Å². The van der Waals surface area contributed by atoms with E-state index < -0.39 is 0 Å². The van der Waals surface area contributed by atoms with Gasteiger partial charge in [0.1, 0.15) is 0 Å². The number of rotatable bonds is 3. The van der Waals surface area contributed by atoms with Crippen molar-refractivity contribution in [2.75, 3.05) is 13.1 Å². The third-order valence-corrected chi connectivity index (χ3v) is 6.05. The third kappa shape index (κ3) is 3.06. The maximum absolute atomic E-state index is 3.92.